The van der Waals surface area contributed by atoms with Gasteiger partial charge in [0.15, 0.2) is 0 Å². The number of hydrogen-bond acceptors (Lipinski definition) is 3. The number of carbonyl (C=O) groups excluding carboxylic acids is 1. The minimum Gasteiger partial charge on any atom is -0.456 e. The summed E-state index contributed by atoms with van der Waals surface area (Å²) in [6, 6.07) is 7.62. The topological polar surface area (TPSA) is 50.4 Å². The van der Waals surface area contributed by atoms with Crippen LogP contribution >= 0.6 is 0 Å². The van der Waals surface area contributed by atoms with Crippen molar-refractivity contribution in [2.75, 3.05) is 0 Å². The van der Waals surface area contributed by atoms with Crippen molar-refractivity contribution in [1.29, 1.82) is 0 Å². The highest BCUT2D eigenvalue weighted by Crippen LogP contribution is 2.35. The zero-order valence-corrected chi connectivity index (χ0v) is 9.72. The van der Waals surface area contributed by atoms with E-state index in [9.17, 15) is 9.90 Å². The Balaban J connectivity index is 2.10. The zero-order valence-electron chi connectivity index (χ0n) is 9.72. The summed E-state index contributed by atoms with van der Waals surface area (Å²) in [5.74, 6) is 0.687. The Morgan fingerprint density at radius 1 is 1.28 bits per heavy atom. The second-order valence-electron chi connectivity index (χ2n) is 4.29. The molecule has 2 aromatic rings. The van der Waals surface area contributed by atoms with Crippen molar-refractivity contribution in [3.8, 4) is 0 Å². The number of aliphatic hydroxyl groups is 1. The maximum Gasteiger partial charge on any atom is 0.146 e. The van der Waals surface area contributed by atoms with E-state index in [0.29, 0.717) is 12.2 Å². The van der Waals surface area contributed by atoms with Crippen molar-refractivity contribution in [2.45, 2.75) is 13.0 Å². The molecule has 1 aromatic heterocycles. The molecule has 0 aliphatic heterocycles. The lowest BCUT2D eigenvalue weighted by molar-refractivity contribution is -0.104. The average molecular weight is 240 g/mol. The van der Waals surface area contributed by atoms with Crippen LogP contribution in [0.3, 0.4) is 0 Å². The molecule has 0 bridgehead atoms. The number of fused-ring (bicyclic) bond motifs is 1. The molecule has 0 saturated heterocycles. The summed E-state index contributed by atoms with van der Waals surface area (Å²) in [6.45, 7) is -0.0693. The predicted molar refractivity (Wildman–Crippen MR) is 68.9 cm³/mol. The van der Waals surface area contributed by atoms with Crippen molar-refractivity contribution in [3.63, 3.8) is 0 Å². The molecule has 1 aromatic carbocycles. The van der Waals surface area contributed by atoms with Gasteiger partial charge in [-0.3, -0.25) is 4.79 Å². The molecular weight excluding hydrogens is 228 g/mol. The van der Waals surface area contributed by atoms with E-state index in [1.165, 1.54) is 0 Å². The van der Waals surface area contributed by atoms with Gasteiger partial charge >= 0.3 is 0 Å². The lowest BCUT2D eigenvalue weighted by atomic mass is 10.0. The largest absolute Gasteiger partial charge is 0.456 e. The fourth-order valence-corrected chi connectivity index (χ4v) is 2.30. The molecule has 0 radical (unpaired) electrons. The molecule has 1 N–H and O–H groups in total. The molecule has 3 rings (SSSR count). The molecule has 0 unspecified atom stereocenters. The summed E-state index contributed by atoms with van der Waals surface area (Å²) in [7, 11) is 0. The minimum atomic E-state index is -0.0693. The maximum atomic E-state index is 10.7. The molecule has 1 heterocycles. The van der Waals surface area contributed by atoms with E-state index < -0.39 is 0 Å². The summed E-state index contributed by atoms with van der Waals surface area (Å²) >= 11 is 0. The highest BCUT2D eigenvalue weighted by atomic mass is 16.3. The van der Waals surface area contributed by atoms with Gasteiger partial charge in [-0.25, -0.2) is 0 Å². The third-order valence-corrected chi connectivity index (χ3v) is 3.19. The van der Waals surface area contributed by atoms with Gasteiger partial charge in [0.1, 0.15) is 17.6 Å². The van der Waals surface area contributed by atoms with Gasteiger partial charge in [0.25, 0.3) is 0 Å². The van der Waals surface area contributed by atoms with E-state index in [-0.39, 0.29) is 6.61 Å². The number of aldehydes is 1. The first-order valence-electron chi connectivity index (χ1n) is 5.80. The third-order valence-electron chi connectivity index (χ3n) is 3.19. The summed E-state index contributed by atoms with van der Waals surface area (Å²) in [5, 5.41) is 10.4. The van der Waals surface area contributed by atoms with Gasteiger partial charge in [0, 0.05) is 17.4 Å². The molecule has 0 fully saturated rings. The molecule has 18 heavy (non-hydrogen) atoms. The molecular formula is C15H12O3. The van der Waals surface area contributed by atoms with E-state index in [0.717, 1.165) is 34.0 Å². The van der Waals surface area contributed by atoms with Crippen LogP contribution in [0, 0.1) is 0 Å². The molecule has 90 valence electrons. The van der Waals surface area contributed by atoms with Gasteiger partial charge < -0.3 is 9.52 Å². The zero-order chi connectivity index (χ0) is 12.5. The summed E-state index contributed by atoms with van der Waals surface area (Å²) < 4.78 is 5.79. The first kappa shape index (κ1) is 11.0. The van der Waals surface area contributed by atoms with E-state index in [1.807, 2.05) is 30.3 Å². The third kappa shape index (κ3) is 1.60. The number of benzene rings is 1. The van der Waals surface area contributed by atoms with Crippen LogP contribution in [0.5, 0.6) is 0 Å². The fourth-order valence-electron chi connectivity index (χ4n) is 2.30. The van der Waals surface area contributed by atoms with E-state index >= 15 is 0 Å². The average Bonchev–Trinajstić information content (AvgIpc) is 3.02. The molecule has 0 spiro atoms. The van der Waals surface area contributed by atoms with Crippen LogP contribution in [0.1, 0.15) is 17.7 Å². The maximum absolute atomic E-state index is 10.7. The lowest BCUT2D eigenvalue weighted by Gasteiger charge is -2.01. The highest BCUT2D eigenvalue weighted by molar-refractivity contribution is 5.90. The molecule has 1 aliphatic rings. The summed E-state index contributed by atoms with van der Waals surface area (Å²) in [6.07, 6.45) is 5.08. The normalized spacial score (nSPS) is 14.7. The fraction of sp³-hybridized carbons (Fsp3) is 0.133. The van der Waals surface area contributed by atoms with Gasteiger partial charge in [0.2, 0.25) is 0 Å². The van der Waals surface area contributed by atoms with Crippen molar-refractivity contribution >= 4 is 22.8 Å². The van der Waals surface area contributed by atoms with Gasteiger partial charge in [-0.1, -0.05) is 30.4 Å². The van der Waals surface area contributed by atoms with Crippen molar-refractivity contribution in [3.05, 3.63) is 53.3 Å². The lowest BCUT2D eigenvalue weighted by Crippen LogP contribution is -1.89. The van der Waals surface area contributed by atoms with Crippen LogP contribution in [0.4, 0.5) is 0 Å². The van der Waals surface area contributed by atoms with Crippen LogP contribution in [-0.4, -0.2) is 11.4 Å². The van der Waals surface area contributed by atoms with E-state index in [4.69, 9.17) is 4.42 Å². The summed E-state index contributed by atoms with van der Waals surface area (Å²) in [4.78, 5) is 10.7. The Hall–Kier alpha value is -2.13. The highest BCUT2D eigenvalue weighted by Gasteiger charge is 2.19. The molecule has 0 atom stereocenters. The Morgan fingerprint density at radius 2 is 2.11 bits per heavy atom. The van der Waals surface area contributed by atoms with E-state index in [2.05, 4.69) is 0 Å². The Kier molecular flexibility index (Phi) is 2.61. The Labute approximate surface area is 104 Å². The quantitative estimate of drug-likeness (QED) is 0.839. The molecule has 3 nitrogen and oxygen atoms in total. The number of carbonyl (C=O) groups is 1. The summed E-state index contributed by atoms with van der Waals surface area (Å²) in [5.41, 5.74) is 3.22. The van der Waals surface area contributed by atoms with Gasteiger partial charge in [0.05, 0.1) is 6.61 Å². The minimum absolute atomic E-state index is 0.0693. The van der Waals surface area contributed by atoms with E-state index in [1.54, 1.807) is 6.08 Å². The number of rotatable bonds is 3. The molecule has 0 saturated carbocycles. The van der Waals surface area contributed by atoms with Gasteiger partial charge in [-0.15, -0.1) is 0 Å². The van der Waals surface area contributed by atoms with Gasteiger partial charge in [-0.2, -0.15) is 0 Å². The number of hydrogen-bond donors (Lipinski definition) is 1. The first-order chi connectivity index (χ1) is 8.83. The smallest absolute Gasteiger partial charge is 0.146 e. The Morgan fingerprint density at radius 3 is 2.83 bits per heavy atom. The van der Waals surface area contributed by atoms with Crippen molar-refractivity contribution < 1.29 is 14.3 Å². The van der Waals surface area contributed by atoms with Crippen LogP contribution in [0.2, 0.25) is 0 Å². The van der Waals surface area contributed by atoms with Crippen LogP contribution < -0.4 is 0 Å². The molecule has 0 amide bonds. The predicted octanol–water partition coefficient (Wildman–Crippen LogP) is 2.84. The Bertz CT molecular complexity index is 674. The van der Waals surface area contributed by atoms with Crippen LogP contribution in [0.15, 0.2) is 46.4 Å². The standard InChI is InChI=1S/C15H12O3/c16-8-10-5-6-11(7-10)15-13(9-17)12-3-1-2-4-14(12)18-15/h1-6,8,17H,7,9H2. The SMILES string of the molecule is O=CC1=CC=C(c2oc3ccccc3c2CO)C1. The number of para-hydroxylation sites is 1. The van der Waals surface area contributed by atoms with Crippen molar-refractivity contribution in [2.24, 2.45) is 0 Å². The number of aliphatic hydroxyl groups excluding tert-OH is 1. The van der Waals surface area contributed by atoms with Crippen LogP contribution in [0.25, 0.3) is 16.5 Å². The second-order valence-corrected chi connectivity index (χ2v) is 4.29. The molecule has 3 heteroatoms. The number of allylic oxidation sites excluding steroid dienone is 4. The van der Waals surface area contributed by atoms with Crippen LogP contribution in [-0.2, 0) is 11.4 Å². The molecule has 1 aliphatic carbocycles. The monoisotopic (exact) mass is 240 g/mol. The van der Waals surface area contributed by atoms with Crippen molar-refractivity contribution in [1.82, 2.24) is 0 Å². The number of furan rings is 1. The second kappa shape index (κ2) is 4.27. The van der Waals surface area contributed by atoms with Gasteiger partial charge in [-0.05, 0) is 17.2 Å². The first-order valence-corrected chi connectivity index (χ1v) is 5.80.